The van der Waals surface area contributed by atoms with Gasteiger partial charge >= 0.3 is 0 Å². The zero-order chi connectivity index (χ0) is 42.5. The Morgan fingerprint density at radius 3 is 1.05 bits per heavy atom. The number of aromatic nitrogens is 5. The van der Waals surface area contributed by atoms with Gasteiger partial charge in [-0.1, -0.05) is 156 Å². The summed E-state index contributed by atoms with van der Waals surface area (Å²) in [6, 6.07) is 40.3. The number of hydrogen-bond acceptors (Lipinski definition) is 5. The molecule has 0 atom stereocenters. The second-order valence-electron chi connectivity index (χ2n) is 19.8. The first-order chi connectivity index (χ1) is 27.6. The third-order valence-corrected chi connectivity index (χ3v) is 10.8. The van der Waals surface area contributed by atoms with Gasteiger partial charge in [0.1, 0.15) is 5.82 Å². The van der Waals surface area contributed by atoms with Crippen molar-refractivity contribution in [2.45, 2.75) is 105 Å². The molecule has 2 aromatic heterocycles. The summed E-state index contributed by atoms with van der Waals surface area (Å²) in [5.74, 6) is 1.24. The zero-order valence-electron chi connectivity index (χ0n) is 36.7. The second-order valence-corrected chi connectivity index (χ2v) is 19.8. The highest BCUT2D eigenvalue weighted by atomic mass is 19.1. The molecular weight excluding hydrogens is 726 g/mol. The molecule has 0 saturated heterocycles. The van der Waals surface area contributed by atoms with Gasteiger partial charge in [-0.15, -0.1) is 0 Å². The molecule has 0 N–H and O–H groups in total. The fourth-order valence-corrected chi connectivity index (χ4v) is 6.93. The molecule has 5 nitrogen and oxygen atoms in total. The van der Waals surface area contributed by atoms with Gasteiger partial charge in [0, 0.05) is 27.8 Å². The molecule has 59 heavy (non-hydrogen) atoms. The third kappa shape index (κ3) is 9.23. The number of halogens is 1. The van der Waals surface area contributed by atoms with Crippen LogP contribution in [-0.4, -0.2) is 24.9 Å². The summed E-state index contributed by atoms with van der Waals surface area (Å²) in [4.78, 5) is 25.5. The lowest BCUT2D eigenvalue weighted by atomic mass is 9.79. The van der Waals surface area contributed by atoms with E-state index in [4.69, 9.17) is 24.9 Å². The Bertz CT molecular complexity index is 2420. The Morgan fingerprint density at radius 2 is 0.678 bits per heavy atom. The van der Waals surface area contributed by atoms with Crippen LogP contribution in [0.2, 0.25) is 0 Å². The minimum atomic E-state index is -0.447. The van der Waals surface area contributed by atoms with E-state index in [1.165, 1.54) is 28.3 Å². The summed E-state index contributed by atoms with van der Waals surface area (Å²) in [7, 11) is 0. The molecule has 0 saturated carbocycles. The normalized spacial score (nSPS) is 12.5. The molecule has 0 spiro atoms. The van der Waals surface area contributed by atoms with Crippen molar-refractivity contribution in [3.63, 3.8) is 0 Å². The van der Waals surface area contributed by atoms with Crippen LogP contribution >= 0.6 is 0 Å². The van der Waals surface area contributed by atoms with E-state index in [0.717, 1.165) is 33.6 Å². The molecule has 7 aromatic rings. The quantitative estimate of drug-likeness (QED) is 0.168. The molecule has 2 heterocycles. The van der Waals surface area contributed by atoms with E-state index in [0.29, 0.717) is 23.0 Å². The van der Waals surface area contributed by atoms with Crippen LogP contribution in [0.3, 0.4) is 0 Å². The van der Waals surface area contributed by atoms with Crippen molar-refractivity contribution >= 4 is 0 Å². The summed E-state index contributed by atoms with van der Waals surface area (Å²) in [6.07, 6.45) is 0. The largest absolute Gasteiger partial charge is 0.228 e. The van der Waals surface area contributed by atoms with Crippen LogP contribution in [0.1, 0.15) is 105 Å². The van der Waals surface area contributed by atoms with Gasteiger partial charge < -0.3 is 0 Å². The lowest BCUT2D eigenvalue weighted by molar-refractivity contribution is 0.568. The van der Waals surface area contributed by atoms with E-state index < -0.39 is 5.82 Å². The van der Waals surface area contributed by atoms with Gasteiger partial charge in [-0.3, -0.25) is 0 Å². The molecule has 0 aliphatic heterocycles. The fourth-order valence-electron chi connectivity index (χ4n) is 6.93. The van der Waals surface area contributed by atoms with Gasteiger partial charge in [0.2, 0.25) is 0 Å². The Hall–Kier alpha value is -5.88. The van der Waals surface area contributed by atoms with Gasteiger partial charge in [0.15, 0.2) is 23.3 Å². The highest BCUT2D eigenvalue weighted by Gasteiger charge is 2.26. The molecule has 6 heteroatoms. The van der Waals surface area contributed by atoms with Gasteiger partial charge in [-0.25, -0.2) is 29.3 Å². The minimum Gasteiger partial charge on any atom is -0.228 e. The van der Waals surface area contributed by atoms with Crippen molar-refractivity contribution in [2.24, 2.45) is 0 Å². The van der Waals surface area contributed by atoms with Gasteiger partial charge in [-0.2, -0.15) is 0 Å². The molecule has 7 rings (SSSR count). The summed E-state index contributed by atoms with van der Waals surface area (Å²) in [5.41, 5.74) is 10.2. The maximum absolute atomic E-state index is 16.5. The maximum atomic E-state index is 16.5. The summed E-state index contributed by atoms with van der Waals surface area (Å²) < 4.78 is 16.5. The van der Waals surface area contributed by atoms with Crippen LogP contribution < -0.4 is 0 Å². The molecule has 0 radical (unpaired) electrons. The predicted molar refractivity (Wildman–Crippen MR) is 243 cm³/mol. The SMILES string of the molecule is CC(C)(C)c1cc(-c2nc(-c3cc(C(C)(C)C)cc(C(C)(C)C)c3)nc(-c3cc(-c4nc(-c5ccccc5)cc(-c5ccccc5)n4)ccc3F)n2)cc(C(C)(C)C)c1. The topological polar surface area (TPSA) is 64.5 Å². The van der Waals surface area contributed by atoms with Crippen molar-refractivity contribution in [2.75, 3.05) is 0 Å². The molecule has 0 bridgehead atoms. The van der Waals surface area contributed by atoms with Crippen LogP contribution in [0, 0.1) is 5.82 Å². The molecule has 0 fully saturated rings. The average molecular weight is 782 g/mol. The highest BCUT2D eigenvalue weighted by molar-refractivity contribution is 5.75. The number of benzene rings is 5. The van der Waals surface area contributed by atoms with Crippen molar-refractivity contribution in [1.29, 1.82) is 0 Å². The minimum absolute atomic E-state index is 0.134. The number of hydrogen-bond donors (Lipinski definition) is 0. The van der Waals surface area contributed by atoms with Gasteiger partial charge in [0.05, 0.1) is 17.0 Å². The molecule has 0 aliphatic rings. The third-order valence-electron chi connectivity index (χ3n) is 10.8. The second kappa shape index (κ2) is 15.4. The van der Waals surface area contributed by atoms with E-state index in [9.17, 15) is 0 Å². The van der Waals surface area contributed by atoms with Gasteiger partial charge in [0.25, 0.3) is 0 Å². The molecule has 0 amide bonds. The average Bonchev–Trinajstić information content (AvgIpc) is 3.19. The van der Waals surface area contributed by atoms with Crippen molar-refractivity contribution in [1.82, 2.24) is 24.9 Å². The van der Waals surface area contributed by atoms with Crippen LogP contribution in [0.5, 0.6) is 0 Å². The summed E-state index contributed by atoms with van der Waals surface area (Å²) in [6.45, 7) is 26.6. The first-order valence-corrected chi connectivity index (χ1v) is 20.5. The Labute approximate surface area is 350 Å². The first-order valence-electron chi connectivity index (χ1n) is 20.5. The Morgan fingerprint density at radius 1 is 0.322 bits per heavy atom. The summed E-state index contributed by atoms with van der Waals surface area (Å²) in [5, 5.41) is 0. The van der Waals surface area contributed by atoms with E-state index in [1.54, 1.807) is 12.1 Å². The van der Waals surface area contributed by atoms with E-state index in [-0.39, 0.29) is 33.0 Å². The predicted octanol–water partition coefficient (Wildman–Crippen LogP) is 14.0. The van der Waals surface area contributed by atoms with Gasteiger partial charge in [-0.05, 0) is 92.4 Å². The van der Waals surface area contributed by atoms with E-state index >= 15 is 4.39 Å². The first kappa shape index (κ1) is 41.3. The lowest BCUT2D eigenvalue weighted by Gasteiger charge is -2.26. The lowest BCUT2D eigenvalue weighted by Crippen LogP contribution is -2.17. The standard InChI is InChI=1S/C53H56FN5/c1-50(2,3)38-25-36(26-39(30-38)51(4,5)6)47-57-48(37-27-40(52(7,8)9)31-41(28-37)53(10,11)12)59-49(58-47)42-29-35(23-24-43(42)54)46-55-44(33-19-15-13-16-20-33)32-45(56-46)34-21-17-14-18-22-34/h13-32H,1-12H3. The molecule has 300 valence electrons. The van der Waals surface area contributed by atoms with Crippen molar-refractivity contribution in [3.05, 3.63) is 149 Å². The van der Waals surface area contributed by atoms with E-state index in [1.807, 2.05) is 66.7 Å². The van der Waals surface area contributed by atoms with E-state index in [2.05, 4.69) is 119 Å². The van der Waals surface area contributed by atoms with Crippen LogP contribution in [-0.2, 0) is 21.7 Å². The van der Waals surface area contributed by atoms with Crippen molar-refractivity contribution in [3.8, 4) is 68.1 Å². The molecule has 0 aliphatic carbocycles. The zero-order valence-corrected chi connectivity index (χ0v) is 36.7. The molecular formula is C53H56FN5. The van der Waals surface area contributed by atoms with Crippen LogP contribution in [0.4, 0.5) is 4.39 Å². The molecule has 5 aromatic carbocycles. The number of rotatable bonds is 6. The van der Waals surface area contributed by atoms with Crippen molar-refractivity contribution < 1.29 is 4.39 Å². The summed E-state index contributed by atoms with van der Waals surface area (Å²) >= 11 is 0. The monoisotopic (exact) mass is 781 g/mol. The maximum Gasteiger partial charge on any atom is 0.167 e. The Kier molecular flexibility index (Phi) is 10.8. The highest BCUT2D eigenvalue weighted by Crippen LogP contribution is 2.38. The smallest absolute Gasteiger partial charge is 0.167 e. The Balaban J connectivity index is 1.49. The van der Waals surface area contributed by atoms with Crippen LogP contribution in [0.25, 0.3) is 68.1 Å². The molecule has 0 unspecified atom stereocenters. The fraction of sp³-hybridized carbons (Fsp3) is 0.302. The number of nitrogens with zero attached hydrogens (tertiary/aromatic N) is 5. The van der Waals surface area contributed by atoms with Crippen LogP contribution in [0.15, 0.2) is 121 Å².